The Labute approximate surface area is 227 Å². The topological polar surface area (TPSA) is 45.2 Å². The summed E-state index contributed by atoms with van der Waals surface area (Å²) in [6, 6.07) is 8.70. The van der Waals surface area contributed by atoms with Gasteiger partial charge in [0.25, 0.3) is 0 Å². The van der Waals surface area contributed by atoms with Crippen LogP contribution in [0.25, 0.3) is 5.57 Å². The van der Waals surface area contributed by atoms with Crippen LogP contribution in [-0.4, -0.2) is 44.7 Å². The lowest BCUT2D eigenvalue weighted by Crippen LogP contribution is -2.36. The van der Waals surface area contributed by atoms with E-state index in [-0.39, 0.29) is 23.3 Å². The molecule has 0 N–H and O–H groups in total. The summed E-state index contributed by atoms with van der Waals surface area (Å²) in [5.74, 6) is 0.214. The second-order valence-electron chi connectivity index (χ2n) is 10.8. The highest BCUT2D eigenvalue weighted by Gasteiger charge is 2.35. The molecule has 0 radical (unpaired) electrons. The summed E-state index contributed by atoms with van der Waals surface area (Å²) in [4.78, 5) is 18.2. The van der Waals surface area contributed by atoms with E-state index < -0.39 is 5.82 Å². The number of anilines is 3. The average molecular weight is 534 g/mol. The first-order valence-corrected chi connectivity index (χ1v) is 13.6. The highest BCUT2D eigenvalue weighted by Crippen LogP contribution is 2.45. The lowest BCUT2D eigenvalue weighted by Gasteiger charge is -2.36. The number of nitrogens with zero attached hydrogens (tertiary/aromatic N) is 3. The van der Waals surface area contributed by atoms with Gasteiger partial charge in [-0.3, -0.25) is 4.79 Å². The van der Waals surface area contributed by atoms with Crippen LogP contribution in [0.1, 0.15) is 38.2 Å². The first-order chi connectivity index (χ1) is 18.8. The molecule has 3 fully saturated rings. The number of carbonyl (C=O) groups excluding carboxylic acids is 1. The number of allylic oxidation sites excluding steroid dienone is 2. The Morgan fingerprint density at radius 2 is 1.79 bits per heavy atom. The molecule has 0 bridgehead atoms. The largest absolute Gasteiger partial charge is 0.490 e. The Balaban J connectivity index is 1.10. The van der Waals surface area contributed by atoms with Gasteiger partial charge < -0.3 is 24.2 Å². The van der Waals surface area contributed by atoms with Crippen molar-refractivity contribution in [1.82, 2.24) is 0 Å². The van der Waals surface area contributed by atoms with Crippen LogP contribution < -0.4 is 19.4 Å². The van der Waals surface area contributed by atoms with Gasteiger partial charge in [0.1, 0.15) is 12.4 Å². The third kappa shape index (κ3) is 4.88. The van der Waals surface area contributed by atoms with E-state index in [1.165, 1.54) is 19.1 Å². The molecule has 0 aromatic heterocycles. The fraction of sp³-hybridized carbons (Fsp3) is 0.387. The van der Waals surface area contributed by atoms with Crippen LogP contribution in [0.2, 0.25) is 0 Å². The molecule has 8 heteroatoms. The van der Waals surface area contributed by atoms with E-state index in [4.69, 9.17) is 9.47 Å². The number of ketones is 1. The molecule has 39 heavy (non-hydrogen) atoms. The van der Waals surface area contributed by atoms with E-state index in [1.54, 1.807) is 6.07 Å². The second kappa shape index (κ2) is 10.1. The van der Waals surface area contributed by atoms with Crippen molar-refractivity contribution in [1.29, 1.82) is 0 Å². The lowest BCUT2D eigenvalue weighted by atomic mass is 9.91. The number of carbonyl (C=O) groups is 1. The molecule has 4 aliphatic rings. The highest BCUT2D eigenvalue weighted by atomic mass is 19.1. The van der Waals surface area contributed by atoms with Gasteiger partial charge in [-0.2, -0.15) is 0 Å². The summed E-state index contributed by atoms with van der Waals surface area (Å²) in [7, 11) is 0. The molecule has 1 saturated carbocycles. The summed E-state index contributed by atoms with van der Waals surface area (Å²) in [5.41, 5.74) is 3.99. The van der Waals surface area contributed by atoms with Crippen LogP contribution in [0.4, 0.5) is 25.8 Å². The van der Waals surface area contributed by atoms with Crippen molar-refractivity contribution in [3.8, 4) is 5.75 Å². The summed E-state index contributed by atoms with van der Waals surface area (Å²) < 4.78 is 41.3. The maximum absolute atomic E-state index is 15.4. The normalized spacial score (nSPS) is 19.7. The van der Waals surface area contributed by atoms with Crippen molar-refractivity contribution in [2.75, 3.05) is 47.5 Å². The van der Waals surface area contributed by atoms with Crippen molar-refractivity contribution in [2.45, 2.75) is 38.6 Å². The number of benzene rings is 2. The molecule has 3 aliphatic heterocycles. The van der Waals surface area contributed by atoms with Crippen molar-refractivity contribution in [3.63, 3.8) is 0 Å². The van der Waals surface area contributed by atoms with E-state index in [9.17, 15) is 9.18 Å². The molecule has 0 unspecified atom stereocenters. The minimum Gasteiger partial charge on any atom is -0.490 e. The number of rotatable bonds is 7. The summed E-state index contributed by atoms with van der Waals surface area (Å²) in [6.07, 6.45) is 5.62. The van der Waals surface area contributed by atoms with Crippen LogP contribution in [0.3, 0.4) is 0 Å². The third-order valence-corrected chi connectivity index (χ3v) is 8.12. The first-order valence-electron chi connectivity index (χ1n) is 13.6. The maximum atomic E-state index is 15.4. The summed E-state index contributed by atoms with van der Waals surface area (Å²) >= 11 is 0. The predicted molar refractivity (Wildman–Crippen MR) is 149 cm³/mol. The Kier molecular flexibility index (Phi) is 6.57. The highest BCUT2D eigenvalue weighted by molar-refractivity contribution is 6.11. The van der Waals surface area contributed by atoms with Gasteiger partial charge in [0.05, 0.1) is 24.5 Å². The van der Waals surface area contributed by atoms with Gasteiger partial charge in [-0.25, -0.2) is 8.78 Å². The average Bonchev–Trinajstić information content (AvgIpc) is 3.68. The first kappa shape index (κ1) is 25.5. The van der Waals surface area contributed by atoms with Crippen LogP contribution in [0.5, 0.6) is 5.75 Å². The fourth-order valence-electron chi connectivity index (χ4n) is 5.69. The third-order valence-electron chi connectivity index (χ3n) is 8.12. The zero-order chi connectivity index (χ0) is 27.3. The molecule has 6 rings (SSSR count). The number of Topliss-reactive ketones (excluding diaryl/α,β-unsaturated/α-hetero) is 1. The molecule has 2 aromatic carbocycles. The van der Waals surface area contributed by atoms with Gasteiger partial charge in [-0.1, -0.05) is 6.58 Å². The Bertz CT molecular complexity index is 1380. The molecule has 0 spiro atoms. The van der Waals surface area contributed by atoms with E-state index in [0.29, 0.717) is 72.9 Å². The molecular weight excluding hydrogens is 500 g/mol. The lowest BCUT2D eigenvalue weighted by molar-refractivity contribution is -0.113. The van der Waals surface area contributed by atoms with Gasteiger partial charge in [-0.15, -0.1) is 0 Å². The summed E-state index contributed by atoms with van der Waals surface area (Å²) in [6.45, 7) is 12.4. The van der Waals surface area contributed by atoms with Gasteiger partial charge in [0.2, 0.25) is 0 Å². The molecule has 3 heterocycles. The minimum absolute atomic E-state index is 0.0620. The van der Waals surface area contributed by atoms with Crippen LogP contribution in [-0.2, 0) is 9.53 Å². The second-order valence-corrected chi connectivity index (χ2v) is 10.8. The smallest absolute Gasteiger partial charge is 0.186 e. The van der Waals surface area contributed by atoms with Crippen molar-refractivity contribution in [2.24, 2.45) is 5.92 Å². The number of hydrogen-bond acceptors (Lipinski definition) is 6. The standard InChI is InChI=1S/C31H33F2N3O3/c1-19-25-15-27(32)30(16-29(25)36(23-4-5-23)17-26(19)20(2)37)34-10-8-22(9-11-34)18-39-31-7-6-24(14-28(31)33)35-12-13-38-21(35)3/h6-7,14-17,22-23H,1,3-5,8-13,18H2,2H3. The molecule has 6 nitrogen and oxygen atoms in total. The fourth-order valence-corrected chi connectivity index (χ4v) is 5.69. The molecule has 2 saturated heterocycles. The molecule has 1 aliphatic carbocycles. The SMILES string of the molecule is C=C1C(C(C)=O)=CN(C2CC2)c2cc(N3CCC(COc4ccc(N5CCOC5=C)cc4F)CC3)c(F)cc21. The molecule has 0 amide bonds. The van der Waals surface area contributed by atoms with Crippen molar-refractivity contribution in [3.05, 3.63) is 78.3 Å². The molecular formula is C31H33F2N3O3. The number of hydrogen-bond donors (Lipinski definition) is 0. The maximum Gasteiger partial charge on any atom is 0.186 e. The predicted octanol–water partition coefficient (Wildman–Crippen LogP) is 6.04. The van der Waals surface area contributed by atoms with Crippen molar-refractivity contribution >= 4 is 28.4 Å². The number of piperidine rings is 1. The molecule has 0 atom stereocenters. The van der Waals surface area contributed by atoms with Gasteiger partial charge in [0, 0.05) is 48.2 Å². The van der Waals surface area contributed by atoms with Gasteiger partial charge in [0.15, 0.2) is 23.2 Å². The van der Waals surface area contributed by atoms with Crippen LogP contribution in [0, 0.1) is 17.6 Å². The summed E-state index contributed by atoms with van der Waals surface area (Å²) in [5, 5.41) is 0. The van der Waals surface area contributed by atoms with E-state index in [0.717, 1.165) is 31.4 Å². The zero-order valence-electron chi connectivity index (χ0n) is 22.2. The number of fused-ring (bicyclic) bond motifs is 1. The molecule has 204 valence electrons. The zero-order valence-corrected chi connectivity index (χ0v) is 22.2. The van der Waals surface area contributed by atoms with Crippen LogP contribution >= 0.6 is 0 Å². The van der Waals surface area contributed by atoms with Crippen molar-refractivity contribution < 1.29 is 23.0 Å². The number of ether oxygens (including phenoxy) is 2. The monoisotopic (exact) mass is 533 g/mol. The Morgan fingerprint density at radius 3 is 2.44 bits per heavy atom. The Hall–Kier alpha value is -3.81. The minimum atomic E-state index is -0.412. The van der Waals surface area contributed by atoms with E-state index in [1.807, 2.05) is 23.2 Å². The van der Waals surface area contributed by atoms with Gasteiger partial charge in [-0.05, 0) is 74.9 Å². The Morgan fingerprint density at radius 1 is 1.03 bits per heavy atom. The van der Waals surface area contributed by atoms with Crippen LogP contribution in [0.15, 0.2) is 61.1 Å². The number of halogens is 2. The molecule has 2 aromatic rings. The van der Waals surface area contributed by atoms with E-state index >= 15 is 4.39 Å². The van der Waals surface area contributed by atoms with E-state index in [2.05, 4.69) is 23.0 Å². The van der Waals surface area contributed by atoms with Gasteiger partial charge >= 0.3 is 0 Å². The quantitative estimate of drug-likeness (QED) is 0.433.